The molecule has 0 aliphatic carbocycles. The van der Waals surface area contributed by atoms with Gasteiger partial charge in [0.15, 0.2) is 0 Å². The molecule has 132 valence electrons. The number of methoxy groups -OCH3 is 1. The van der Waals surface area contributed by atoms with Gasteiger partial charge in [0.05, 0.1) is 7.11 Å². The fourth-order valence-electron chi connectivity index (χ4n) is 2.50. The van der Waals surface area contributed by atoms with E-state index in [-0.39, 0.29) is 6.09 Å². The van der Waals surface area contributed by atoms with Gasteiger partial charge in [0, 0.05) is 24.5 Å². The predicted molar refractivity (Wildman–Crippen MR) is 89.8 cm³/mol. The van der Waals surface area contributed by atoms with Crippen molar-refractivity contribution >= 4 is 12.1 Å². The highest BCUT2D eigenvalue weighted by molar-refractivity contribution is 5.79. The number of carbonyl (C=O) groups excluding carboxylic acids is 2. The Morgan fingerprint density at radius 2 is 2.08 bits per heavy atom. The van der Waals surface area contributed by atoms with E-state index in [9.17, 15) is 9.59 Å². The maximum Gasteiger partial charge on any atom is 0.410 e. The fourth-order valence-corrected chi connectivity index (χ4v) is 2.50. The molecule has 2 aliphatic rings. The molecule has 0 radical (unpaired) electrons. The molecule has 0 fully saturated rings. The number of nitrogens with one attached hydrogen (secondary N) is 1. The molecular weight excluding hydrogens is 310 g/mol. The fraction of sp³-hybridized carbons (Fsp3) is 0.529. The normalized spacial score (nSPS) is 21.1. The van der Waals surface area contributed by atoms with Gasteiger partial charge in [-0.3, -0.25) is 0 Å². The van der Waals surface area contributed by atoms with E-state index in [1.807, 2.05) is 26.8 Å². The lowest BCUT2D eigenvalue weighted by atomic mass is 10.0. The molecule has 2 heterocycles. The average Bonchev–Trinajstić information content (AvgIpc) is 2.52. The van der Waals surface area contributed by atoms with Crippen molar-refractivity contribution in [2.75, 3.05) is 20.2 Å². The van der Waals surface area contributed by atoms with Crippen LogP contribution in [-0.4, -0.2) is 48.8 Å². The van der Waals surface area contributed by atoms with Gasteiger partial charge < -0.3 is 25.4 Å². The summed E-state index contributed by atoms with van der Waals surface area (Å²) in [5, 5.41) is 3.11. The number of rotatable bonds is 2. The van der Waals surface area contributed by atoms with Crippen molar-refractivity contribution in [3.63, 3.8) is 0 Å². The number of carbonyl (C=O) groups is 2. The van der Waals surface area contributed by atoms with Crippen LogP contribution in [0.15, 0.2) is 35.2 Å². The van der Waals surface area contributed by atoms with Crippen LogP contribution in [0.3, 0.4) is 0 Å². The predicted octanol–water partition coefficient (Wildman–Crippen LogP) is 1.42. The van der Waals surface area contributed by atoms with E-state index in [1.54, 1.807) is 17.1 Å². The van der Waals surface area contributed by atoms with Crippen LogP contribution in [0.4, 0.5) is 4.79 Å². The first-order valence-corrected chi connectivity index (χ1v) is 7.90. The van der Waals surface area contributed by atoms with Gasteiger partial charge in [-0.1, -0.05) is 6.08 Å². The van der Waals surface area contributed by atoms with Crippen molar-refractivity contribution < 1.29 is 19.1 Å². The monoisotopic (exact) mass is 335 g/mol. The van der Waals surface area contributed by atoms with Crippen LogP contribution in [0, 0.1) is 0 Å². The van der Waals surface area contributed by atoms with Crippen LogP contribution in [0.1, 0.15) is 27.2 Å². The van der Waals surface area contributed by atoms with Crippen molar-refractivity contribution in [2.45, 2.75) is 38.8 Å². The molecule has 0 saturated carbocycles. The minimum absolute atomic E-state index is 0.324. The van der Waals surface area contributed by atoms with Gasteiger partial charge in [-0.2, -0.15) is 0 Å². The number of amides is 1. The maximum absolute atomic E-state index is 12.1. The first-order valence-electron chi connectivity index (χ1n) is 7.90. The minimum atomic E-state index is -0.597. The standard InChI is InChI=1S/C17H25N3O4/c1-17(2,3)24-16(22)20-7-5-11(6-8-20)13-9-12(18)10-14(19-13)15(21)23-4/h5,9-10,14,19H,6-8,18H2,1-4H3. The number of nitrogens with zero attached hydrogens (tertiary/aromatic N) is 1. The highest BCUT2D eigenvalue weighted by Gasteiger charge is 2.27. The molecule has 0 spiro atoms. The van der Waals surface area contributed by atoms with Gasteiger partial charge in [0.25, 0.3) is 0 Å². The summed E-state index contributed by atoms with van der Waals surface area (Å²) in [5.74, 6) is -0.393. The van der Waals surface area contributed by atoms with Crippen LogP contribution in [0.2, 0.25) is 0 Å². The van der Waals surface area contributed by atoms with Gasteiger partial charge in [0.2, 0.25) is 0 Å². The van der Waals surface area contributed by atoms with Gasteiger partial charge in [-0.05, 0) is 44.9 Å². The van der Waals surface area contributed by atoms with E-state index in [2.05, 4.69) is 5.32 Å². The van der Waals surface area contributed by atoms with Crippen LogP contribution in [0.5, 0.6) is 0 Å². The van der Waals surface area contributed by atoms with E-state index in [1.165, 1.54) is 7.11 Å². The number of allylic oxidation sites excluding steroid dienone is 2. The highest BCUT2D eigenvalue weighted by Crippen LogP contribution is 2.22. The summed E-state index contributed by atoms with van der Waals surface area (Å²) in [6, 6.07) is -0.597. The topological polar surface area (TPSA) is 93.9 Å². The van der Waals surface area contributed by atoms with Crippen LogP contribution < -0.4 is 11.1 Å². The lowest BCUT2D eigenvalue weighted by Gasteiger charge is -2.31. The van der Waals surface area contributed by atoms with Crippen molar-refractivity contribution in [1.82, 2.24) is 10.2 Å². The van der Waals surface area contributed by atoms with Crippen LogP contribution in [0.25, 0.3) is 0 Å². The van der Waals surface area contributed by atoms with Crippen LogP contribution in [-0.2, 0) is 14.3 Å². The van der Waals surface area contributed by atoms with Crippen molar-refractivity contribution in [2.24, 2.45) is 5.73 Å². The minimum Gasteiger partial charge on any atom is -0.467 e. The molecule has 0 aromatic rings. The summed E-state index contributed by atoms with van der Waals surface area (Å²) < 4.78 is 10.1. The molecule has 2 aliphatic heterocycles. The molecule has 0 aromatic heterocycles. The van der Waals surface area contributed by atoms with Gasteiger partial charge in [0.1, 0.15) is 11.6 Å². The Labute approximate surface area is 142 Å². The summed E-state index contributed by atoms with van der Waals surface area (Å²) >= 11 is 0. The Bertz CT molecular complexity index is 614. The molecule has 0 bridgehead atoms. The first kappa shape index (κ1) is 17.9. The van der Waals surface area contributed by atoms with Gasteiger partial charge in [-0.25, -0.2) is 9.59 Å². The summed E-state index contributed by atoms with van der Waals surface area (Å²) in [6.07, 6.45) is 5.67. The zero-order valence-corrected chi connectivity index (χ0v) is 14.6. The first-order chi connectivity index (χ1) is 11.2. The Morgan fingerprint density at radius 3 is 2.62 bits per heavy atom. The summed E-state index contributed by atoms with van der Waals surface area (Å²) in [7, 11) is 1.34. The van der Waals surface area contributed by atoms with E-state index < -0.39 is 17.6 Å². The quantitative estimate of drug-likeness (QED) is 0.741. The third-order valence-corrected chi connectivity index (χ3v) is 3.64. The molecule has 0 saturated heterocycles. The number of ether oxygens (including phenoxy) is 2. The van der Waals surface area contributed by atoms with Crippen molar-refractivity contribution in [3.8, 4) is 0 Å². The Balaban J connectivity index is 2.03. The summed E-state index contributed by atoms with van der Waals surface area (Å²) in [5.41, 5.74) is 7.68. The van der Waals surface area contributed by atoms with Gasteiger partial charge >= 0.3 is 12.1 Å². The van der Waals surface area contributed by atoms with E-state index >= 15 is 0 Å². The second kappa shape index (κ2) is 6.98. The zero-order valence-electron chi connectivity index (χ0n) is 14.6. The van der Waals surface area contributed by atoms with E-state index in [0.29, 0.717) is 25.2 Å². The molecule has 1 atom stereocenters. The molecule has 0 aromatic carbocycles. The Kier molecular flexibility index (Phi) is 5.21. The maximum atomic E-state index is 12.1. The second-order valence-electron chi connectivity index (χ2n) is 6.78. The zero-order chi connectivity index (χ0) is 17.9. The van der Waals surface area contributed by atoms with Crippen molar-refractivity contribution in [1.29, 1.82) is 0 Å². The third-order valence-electron chi connectivity index (χ3n) is 3.64. The second-order valence-corrected chi connectivity index (χ2v) is 6.78. The summed E-state index contributed by atoms with van der Waals surface area (Å²) in [4.78, 5) is 25.4. The highest BCUT2D eigenvalue weighted by atomic mass is 16.6. The molecule has 2 rings (SSSR count). The molecule has 24 heavy (non-hydrogen) atoms. The number of dihydropyridines is 1. The number of esters is 1. The van der Waals surface area contributed by atoms with E-state index in [4.69, 9.17) is 15.2 Å². The van der Waals surface area contributed by atoms with Crippen molar-refractivity contribution in [3.05, 3.63) is 35.2 Å². The number of hydrogen-bond acceptors (Lipinski definition) is 6. The molecule has 7 heteroatoms. The summed E-state index contributed by atoms with van der Waals surface area (Å²) in [6.45, 7) is 6.53. The largest absolute Gasteiger partial charge is 0.467 e. The molecule has 7 nitrogen and oxygen atoms in total. The average molecular weight is 335 g/mol. The molecule has 1 amide bonds. The Hall–Kier alpha value is -2.44. The molecule has 3 N–H and O–H groups in total. The molecular formula is C17H25N3O4. The smallest absolute Gasteiger partial charge is 0.410 e. The lowest BCUT2D eigenvalue weighted by molar-refractivity contribution is -0.141. The SMILES string of the molecule is COC(=O)C1C=C(N)C=C(C2=CCN(C(=O)OC(C)(C)C)CC2)N1. The number of nitrogens with two attached hydrogens (primary N) is 1. The third kappa shape index (κ3) is 4.53. The molecule has 1 unspecified atom stereocenters. The van der Waals surface area contributed by atoms with E-state index in [0.717, 1.165) is 11.3 Å². The number of hydrogen-bond donors (Lipinski definition) is 2. The van der Waals surface area contributed by atoms with Crippen LogP contribution >= 0.6 is 0 Å². The Morgan fingerprint density at radius 1 is 1.38 bits per heavy atom. The van der Waals surface area contributed by atoms with Gasteiger partial charge in [-0.15, -0.1) is 0 Å². The lowest BCUT2D eigenvalue weighted by Crippen LogP contribution is -2.42.